The van der Waals surface area contributed by atoms with Crippen LogP contribution in [0, 0.1) is 0 Å². The molecule has 0 saturated carbocycles. The monoisotopic (exact) mass is 316 g/mol. The zero-order chi connectivity index (χ0) is 15.5. The number of carbonyl (C=O) groups excluding carboxylic acids is 1. The molecule has 0 aliphatic rings. The van der Waals surface area contributed by atoms with Crippen molar-refractivity contribution in [2.24, 2.45) is 0 Å². The summed E-state index contributed by atoms with van der Waals surface area (Å²) in [4.78, 5) is 16.4. The molecule has 5 nitrogen and oxygen atoms in total. The zero-order valence-corrected chi connectivity index (χ0v) is 12.9. The van der Waals surface area contributed by atoms with Gasteiger partial charge in [-0.3, -0.25) is 4.79 Å². The van der Waals surface area contributed by atoms with Crippen LogP contribution >= 0.6 is 11.3 Å². The molecule has 3 aromatic rings. The van der Waals surface area contributed by atoms with Gasteiger partial charge in [0.2, 0.25) is 0 Å². The number of hydrogen-bond donors (Lipinski definition) is 2. The molecule has 2 heterocycles. The molecule has 1 aromatic carbocycles. The number of hydrogen-bond acceptors (Lipinski definition) is 5. The minimum atomic E-state index is -0.435. The van der Waals surface area contributed by atoms with Crippen molar-refractivity contribution in [3.63, 3.8) is 0 Å². The minimum Gasteiger partial charge on any atom is -0.448 e. The third-order valence-corrected chi connectivity index (χ3v) is 4.23. The Labute approximate surface area is 131 Å². The van der Waals surface area contributed by atoms with Crippen LogP contribution in [0.25, 0.3) is 21.0 Å². The zero-order valence-electron chi connectivity index (χ0n) is 12.1. The fourth-order valence-electron chi connectivity index (χ4n) is 2.03. The van der Waals surface area contributed by atoms with E-state index in [1.54, 1.807) is 19.1 Å². The van der Waals surface area contributed by atoms with E-state index in [0.717, 1.165) is 15.2 Å². The predicted molar refractivity (Wildman–Crippen MR) is 86.0 cm³/mol. The van der Waals surface area contributed by atoms with Crippen LogP contribution in [0.1, 0.15) is 23.9 Å². The SMILES string of the molecule is CC(O)CCNC(=O)c1ccc(-c2nc3ccccc3s2)o1. The van der Waals surface area contributed by atoms with Crippen molar-refractivity contribution in [3.8, 4) is 10.8 Å². The van der Waals surface area contributed by atoms with Crippen LogP contribution in [-0.2, 0) is 0 Å². The quantitative estimate of drug-likeness (QED) is 0.758. The maximum atomic E-state index is 11.9. The van der Waals surface area contributed by atoms with E-state index < -0.39 is 6.10 Å². The van der Waals surface area contributed by atoms with E-state index in [0.29, 0.717) is 18.7 Å². The second-order valence-corrected chi connectivity index (χ2v) is 6.07. The lowest BCUT2D eigenvalue weighted by Crippen LogP contribution is -2.26. The number of rotatable bonds is 5. The number of aromatic nitrogens is 1. The highest BCUT2D eigenvalue weighted by molar-refractivity contribution is 7.21. The Bertz CT molecular complexity index is 758. The van der Waals surface area contributed by atoms with Crippen molar-refractivity contribution in [1.29, 1.82) is 0 Å². The first kappa shape index (κ1) is 14.7. The largest absolute Gasteiger partial charge is 0.448 e. The fourth-order valence-corrected chi connectivity index (χ4v) is 2.96. The lowest BCUT2D eigenvalue weighted by atomic mass is 10.3. The summed E-state index contributed by atoms with van der Waals surface area (Å²) < 4.78 is 6.67. The predicted octanol–water partition coefficient (Wildman–Crippen LogP) is 3.06. The molecule has 0 aliphatic heterocycles. The van der Waals surface area contributed by atoms with E-state index >= 15 is 0 Å². The molecule has 0 bridgehead atoms. The highest BCUT2D eigenvalue weighted by atomic mass is 32.1. The Morgan fingerprint density at radius 2 is 2.18 bits per heavy atom. The van der Waals surface area contributed by atoms with Crippen LogP contribution in [0.2, 0.25) is 0 Å². The van der Waals surface area contributed by atoms with Crippen LogP contribution < -0.4 is 5.32 Å². The summed E-state index contributed by atoms with van der Waals surface area (Å²) in [6.07, 6.45) is 0.0761. The van der Waals surface area contributed by atoms with Crippen LogP contribution in [0.4, 0.5) is 0 Å². The van der Waals surface area contributed by atoms with Crippen LogP contribution in [0.5, 0.6) is 0 Å². The van der Waals surface area contributed by atoms with Gasteiger partial charge in [0, 0.05) is 6.54 Å². The first-order valence-electron chi connectivity index (χ1n) is 7.05. The molecule has 1 unspecified atom stereocenters. The van der Waals surface area contributed by atoms with Crippen molar-refractivity contribution in [3.05, 3.63) is 42.2 Å². The number of nitrogens with one attached hydrogen (secondary N) is 1. The molecule has 2 N–H and O–H groups in total. The topological polar surface area (TPSA) is 75.4 Å². The third-order valence-electron chi connectivity index (χ3n) is 3.18. The van der Waals surface area contributed by atoms with Gasteiger partial charge >= 0.3 is 0 Å². The van der Waals surface area contributed by atoms with Gasteiger partial charge in [-0.1, -0.05) is 12.1 Å². The van der Waals surface area contributed by atoms with Gasteiger partial charge in [-0.15, -0.1) is 11.3 Å². The lowest BCUT2D eigenvalue weighted by Gasteiger charge is -2.04. The van der Waals surface area contributed by atoms with Gasteiger partial charge in [-0.2, -0.15) is 0 Å². The van der Waals surface area contributed by atoms with Gasteiger partial charge in [0.05, 0.1) is 16.3 Å². The number of aliphatic hydroxyl groups excluding tert-OH is 1. The summed E-state index contributed by atoms with van der Waals surface area (Å²) in [5.74, 6) is 0.551. The summed E-state index contributed by atoms with van der Waals surface area (Å²) in [5, 5.41) is 12.6. The van der Waals surface area contributed by atoms with Crippen molar-refractivity contribution < 1.29 is 14.3 Å². The molecule has 22 heavy (non-hydrogen) atoms. The van der Waals surface area contributed by atoms with Crippen molar-refractivity contribution >= 4 is 27.5 Å². The number of amides is 1. The molecule has 0 radical (unpaired) electrons. The number of benzene rings is 1. The van der Waals surface area contributed by atoms with Gasteiger partial charge in [-0.05, 0) is 37.6 Å². The molecule has 0 fully saturated rings. The van der Waals surface area contributed by atoms with Gasteiger partial charge in [-0.25, -0.2) is 4.98 Å². The first-order chi connectivity index (χ1) is 10.6. The van der Waals surface area contributed by atoms with Crippen molar-refractivity contribution in [2.75, 3.05) is 6.54 Å². The number of thiazole rings is 1. The normalized spacial score (nSPS) is 12.5. The van der Waals surface area contributed by atoms with E-state index in [2.05, 4.69) is 10.3 Å². The Balaban J connectivity index is 1.74. The van der Waals surface area contributed by atoms with Crippen molar-refractivity contribution in [1.82, 2.24) is 10.3 Å². The number of carbonyl (C=O) groups is 1. The molecule has 3 rings (SSSR count). The highest BCUT2D eigenvalue weighted by Crippen LogP contribution is 2.31. The molecule has 6 heteroatoms. The molecule has 1 amide bonds. The van der Waals surface area contributed by atoms with E-state index in [1.165, 1.54) is 11.3 Å². The molecule has 2 aromatic heterocycles. The third kappa shape index (κ3) is 3.18. The smallest absolute Gasteiger partial charge is 0.287 e. The second-order valence-electron chi connectivity index (χ2n) is 5.04. The second kappa shape index (κ2) is 6.29. The van der Waals surface area contributed by atoms with Crippen LogP contribution in [0.3, 0.4) is 0 Å². The lowest BCUT2D eigenvalue weighted by molar-refractivity contribution is 0.0919. The highest BCUT2D eigenvalue weighted by Gasteiger charge is 2.14. The van der Waals surface area contributed by atoms with E-state index in [-0.39, 0.29) is 11.7 Å². The van der Waals surface area contributed by atoms with E-state index in [9.17, 15) is 9.90 Å². The van der Waals surface area contributed by atoms with Crippen LogP contribution in [0.15, 0.2) is 40.8 Å². The number of nitrogens with zero attached hydrogens (tertiary/aromatic N) is 1. The summed E-state index contributed by atoms with van der Waals surface area (Å²) in [5.41, 5.74) is 0.918. The summed E-state index contributed by atoms with van der Waals surface area (Å²) in [6.45, 7) is 2.10. The number of aliphatic hydroxyl groups is 1. The van der Waals surface area contributed by atoms with Gasteiger partial charge in [0.1, 0.15) is 0 Å². The minimum absolute atomic E-state index is 0.250. The molecular formula is C16H16N2O3S. The Kier molecular flexibility index (Phi) is 4.22. The number of para-hydroxylation sites is 1. The van der Waals surface area contributed by atoms with Gasteiger partial charge < -0.3 is 14.8 Å². The van der Waals surface area contributed by atoms with E-state index in [1.807, 2.05) is 24.3 Å². The van der Waals surface area contributed by atoms with Crippen LogP contribution in [-0.4, -0.2) is 28.6 Å². The average molecular weight is 316 g/mol. The Hall–Kier alpha value is -2.18. The van der Waals surface area contributed by atoms with Crippen molar-refractivity contribution in [2.45, 2.75) is 19.4 Å². The summed E-state index contributed by atoms with van der Waals surface area (Å²) in [6, 6.07) is 11.2. The van der Waals surface area contributed by atoms with E-state index in [4.69, 9.17) is 4.42 Å². The molecule has 1 atom stereocenters. The fraction of sp³-hybridized carbons (Fsp3) is 0.250. The molecule has 0 spiro atoms. The summed E-state index contributed by atoms with van der Waals surface area (Å²) >= 11 is 1.53. The Morgan fingerprint density at radius 3 is 2.95 bits per heavy atom. The summed E-state index contributed by atoms with van der Waals surface area (Å²) in [7, 11) is 0. The molecule has 114 valence electrons. The maximum absolute atomic E-state index is 11.9. The standard InChI is InChI=1S/C16H16N2O3S/c1-10(19)8-9-17-15(20)12-6-7-13(21-12)16-18-11-4-2-3-5-14(11)22-16/h2-7,10,19H,8-9H2,1H3,(H,17,20). The average Bonchev–Trinajstić information content (AvgIpc) is 3.13. The Morgan fingerprint density at radius 1 is 1.36 bits per heavy atom. The molecular weight excluding hydrogens is 300 g/mol. The molecule has 0 aliphatic carbocycles. The maximum Gasteiger partial charge on any atom is 0.287 e. The number of furan rings is 1. The molecule has 0 saturated heterocycles. The first-order valence-corrected chi connectivity index (χ1v) is 7.87. The number of fused-ring (bicyclic) bond motifs is 1. The van der Waals surface area contributed by atoms with Gasteiger partial charge in [0.25, 0.3) is 5.91 Å². The van der Waals surface area contributed by atoms with Gasteiger partial charge in [0.15, 0.2) is 16.5 Å².